The summed E-state index contributed by atoms with van der Waals surface area (Å²) >= 11 is 0. The molecule has 1 aromatic rings. The molecule has 0 amide bonds. The predicted octanol–water partition coefficient (Wildman–Crippen LogP) is 2.88. The minimum absolute atomic E-state index is 0.124. The lowest BCUT2D eigenvalue weighted by Crippen LogP contribution is -2.36. The van der Waals surface area contributed by atoms with Crippen LogP contribution in [0.25, 0.3) is 0 Å². The Kier molecular flexibility index (Phi) is 5.83. The molecule has 0 aliphatic carbocycles. The van der Waals surface area contributed by atoms with E-state index in [2.05, 4.69) is 57.3 Å². The number of aliphatic hydroxyl groups is 1. The fourth-order valence-corrected chi connectivity index (χ4v) is 2.35. The van der Waals surface area contributed by atoms with Gasteiger partial charge < -0.3 is 10.4 Å². The number of nitrogens with one attached hydrogen (secondary N) is 1. The molecule has 0 aliphatic rings. The van der Waals surface area contributed by atoms with Crippen molar-refractivity contribution in [3.63, 3.8) is 0 Å². The minimum Gasteiger partial charge on any atom is -0.396 e. The van der Waals surface area contributed by atoms with Gasteiger partial charge in [-0.2, -0.15) is 0 Å². The highest BCUT2D eigenvalue weighted by Gasteiger charge is 2.21. The van der Waals surface area contributed by atoms with Gasteiger partial charge in [0.15, 0.2) is 0 Å². The Balaban J connectivity index is 2.57. The van der Waals surface area contributed by atoms with Crippen molar-refractivity contribution in [3.8, 4) is 0 Å². The standard InChI is InChI=1S/C16H27NO/c1-5-14(11-18)10-17-12-16(3,4)15-9-7-6-8-13(15)2/h6-9,14,17-18H,5,10-12H2,1-4H3. The Hall–Kier alpha value is -0.860. The van der Waals surface area contributed by atoms with Crippen LogP contribution in [0.5, 0.6) is 0 Å². The summed E-state index contributed by atoms with van der Waals surface area (Å²) in [6, 6.07) is 8.56. The first-order valence-corrected chi connectivity index (χ1v) is 6.89. The van der Waals surface area contributed by atoms with Crippen molar-refractivity contribution in [2.75, 3.05) is 19.7 Å². The van der Waals surface area contributed by atoms with Crippen LogP contribution in [-0.2, 0) is 5.41 Å². The van der Waals surface area contributed by atoms with E-state index in [9.17, 15) is 5.11 Å². The highest BCUT2D eigenvalue weighted by molar-refractivity contribution is 5.32. The van der Waals surface area contributed by atoms with E-state index in [1.54, 1.807) is 0 Å². The molecule has 2 nitrogen and oxygen atoms in total. The van der Waals surface area contributed by atoms with Crippen molar-refractivity contribution in [2.24, 2.45) is 5.92 Å². The van der Waals surface area contributed by atoms with Crippen molar-refractivity contribution < 1.29 is 5.11 Å². The third-order valence-corrected chi connectivity index (χ3v) is 3.71. The third kappa shape index (κ3) is 4.11. The average molecular weight is 249 g/mol. The molecule has 1 rings (SSSR count). The van der Waals surface area contributed by atoms with E-state index in [0.717, 1.165) is 19.5 Å². The van der Waals surface area contributed by atoms with Crippen LogP contribution in [0.1, 0.15) is 38.3 Å². The Labute approximate surface area is 111 Å². The maximum atomic E-state index is 9.18. The van der Waals surface area contributed by atoms with Gasteiger partial charge in [-0.05, 0) is 30.4 Å². The second kappa shape index (κ2) is 6.91. The maximum Gasteiger partial charge on any atom is 0.0471 e. The van der Waals surface area contributed by atoms with Crippen LogP contribution < -0.4 is 5.32 Å². The van der Waals surface area contributed by atoms with Crippen LogP contribution in [0, 0.1) is 12.8 Å². The molecular weight excluding hydrogens is 222 g/mol. The lowest BCUT2D eigenvalue weighted by atomic mass is 9.82. The summed E-state index contributed by atoms with van der Waals surface area (Å²) in [7, 11) is 0. The van der Waals surface area contributed by atoms with E-state index in [4.69, 9.17) is 0 Å². The van der Waals surface area contributed by atoms with E-state index < -0.39 is 0 Å². The van der Waals surface area contributed by atoms with Gasteiger partial charge in [0, 0.05) is 25.1 Å². The number of aliphatic hydroxyl groups excluding tert-OH is 1. The number of hydrogen-bond donors (Lipinski definition) is 2. The summed E-state index contributed by atoms with van der Waals surface area (Å²) in [6.07, 6.45) is 1.02. The van der Waals surface area contributed by atoms with Gasteiger partial charge in [-0.15, -0.1) is 0 Å². The van der Waals surface area contributed by atoms with Gasteiger partial charge in [-0.3, -0.25) is 0 Å². The van der Waals surface area contributed by atoms with Crippen molar-refractivity contribution in [2.45, 2.75) is 39.5 Å². The molecule has 102 valence electrons. The molecule has 0 heterocycles. The average Bonchev–Trinajstić information content (AvgIpc) is 2.35. The number of aryl methyl sites for hydroxylation is 1. The van der Waals surface area contributed by atoms with Gasteiger partial charge in [0.05, 0.1) is 0 Å². The SMILES string of the molecule is CCC(CO)CNCC(C)(C)c1ccccc1C. The van der Waals surface area contributed by atoms with Gasteiger partial charge in [-0.1, -0.05) is 45.0 Å². The van der Waals surface area contributed by atoms with E-state index in [1.807, 2.05) is 0 Å². The first-order valence-electron chi connectivity index (χ1n) is 6.89. The molecule has 1 unspecified atom stereocenters. The lowest BCUT2D eigenvalue weighted by molar-refractivity contribution is 0.216. The Morgan fingerprint density at radius 1 is 1.28 bits per heavy atom. The highest BCUT2D eigenvalue weighted by Crippen LogP contribution is 2.25. The summed E-state index contributed by atoms with van der Waals surface area (Å²) in [5.74, 6) is 0.373. The van der Waals surface area contributed by atoms with Crippen LogP contribution in [0.3, 0.4) is 0 Å². The van der Waals surface area contributed by atoms with E-state index in [-0.39, 0.29) is 12.0 Å². The van der Waals surface area contributed by atoms with Gasteiger partial charge in [0.1, 0.15) is 0 Å². The van der Waals surface area contributed by atoms with E-state index >= 15 is 0 Å². The monoisotopic (exact) mass is 249 g/mol. The lowest BCUT2D eigenvalue weighted by Gasteiger charge is -2.28. The van der Waals surface area contributed by atoms with Crippen LogP contribution in [0.2, 0.25) is 0 Å². The minimum atomic E-state index is 0.124. The summed E-state index contributed by atoms with van der Waals surface area (Å²) in [5.41, 5.74) is 2.87. The zero-order chi connectivity index (χ0) is 13.6. The summed E-state index contributed by atoms with van der Waals surface area (Å²) in [5, 5.41) is 12.7. The molecule has 0 bridgehead atoms. The first-order chi connectivity index (χ1) is 8.51. The molecule has 1 aromatic carbocycles. The van der Waals surface area contributed by atoms with Gasteiger partial charge in [0.25, 0.3) is 0 Å². The Bertz CT molecular complexity index is 356. The van der Waals surface area contributed by atoms with Gasteiger partial charge in [-0.25, -0.2) is 0 Å². The van der Waals surface area contributed by atoms with Crippen molar-refractivity contribution in [3.05, 3.63) is 35.4 Å². The molecule has 0 aliphatic heterocycles. The molecule has 0 aromatic heterocycles. The Morgan fingerprint density at radius 2 is 1.94 bits per heavy atom. The topological polar surface area (TPSA) is 32.3 Å². The third-order valence-electron chi connectivity index (χ3n) is 3.71. The molecule has 0 fully saturated rings. The molecule has 0 saturated heterocycles. The maximum absolute atomic E-state index is 9.18. The van der Waals surface area contributed by atoms with Crippen molar-refractivity contribution in [1.29, 1.82) is 0 Å². The fourth-order valence-electron chi connectivity index (χ4n) is 2.35. The van der Waals surface area contributed by atoms with Crippen LogP contribution in [0.4, 0.5) is 0 Å². The van der Waals surface area contributed by atoms with Crippen LogP contribution in [0.15, 0.2) is 24.3 Å². The molecular formula is C16H27NO. The molecule has 2 heteroatoms. The zero-order valence-corrected chi connectivity index (χ0v) is 12.2. The van der Waals surface area contributed by atoms with Crippen molar-refractivity contribution >= 4 is 0 Å². The number of rotatable bonds is 7. The zero-order valence-electron chi connectivity index (χ0n) is 12.2. The summed E-state index contributed by atoms with van der Waals surface area (Å²) < 4.78 is 0. The first kappa shape index (κ1) is 15.2. The van der Waals surface area contributed by atoms with Crippen LogP contribution in [-0.4, -0.2) is 24.8 Å². The number of hydrogen-bond acceptors (Lipinski definition) is 2. The van der Waals surface area contributed by atoms with Crippen LogP contribution >= 0.6 is 0 Å². The molecule has 0 spiro atoms. The second-order valence-corrected chi connectivity index (χ2v) is 5.79. The molecule has 0 radical (unpaired) electrons. The van der Waals surface area contributed by atoms with Gasteiger partial charge >= 0.3 is 0 Å². The summed E-state index contributed by atoms with van der Waals surface area (Å²) in [4.78, 5) is 0. The largest absolute Gasteiger partial charge is 0.396 e. The normalized spacial score (nSPS) is 13.6. The molecule has 0 saturated carbocycles. The fraction of sp³-hybridized carbons (Fsp3) is 0.625. The number of benzene rings is 1. The Morgan fingerprint density at radius 3 is 2.50 bits per heavy atom. The summed E-state index contributed by atoms with van der Waals surface area (Å²) in [6.45, 7) is 10.9. The van der Waals surface area contributed by atoms with Gasteiger partial charge in [0.2, 0.25) is 0 Å². The van der Waals surface area contributed by atoms with Crippen molar-refractivity contribution in [1.82, 2.24) is 5.32 Å². The molecule has 1 atom stereocenters. The molecule has 18 heavy (non-hydrogen) atoms. The highest BCUT2D eigenvalue weighted by atomic mass is 16.3. The predicted molar refractivity (Wildman–Crippen MR) is 77.9 cm³/mol. The second-order valence-electron chi connectivity index (χ2n) is 5.79. The van der Waals surface area contributed by atoms with E-state index in [1.165, 1.54) is 11.1 Å². The quantitative estimate of drug-likeness (QED) is 0.779. The smallest absolute Gasteiger partial charge is 0.0471 e. The molecule has 2 N–H and O–H groups in total. The van der Waals surface area contributed by atoms with E-state index in [0.29, 0.717) is 5.92 Å².